The fraction of sp³-hybridized carbons (Fsp3) is 0.0500. The molecule has 0 radical (unpaired) electrons. The number of nitrogens with zero attached hydrogens (tertiary/aromatic N) is 2. The third kappa shape index (κ3) is 3.47. The summed E-state index contributed by atoms with van der Waals surface area (Å²) < 4.78 is 10.7. The Morgan fingerprint density at radius 2 is 1.81 bits per heavy atom. The van der Waals surface area contributed by atoms with Crippen LogP contribution in [0.1, 0.15) is 16.2 Å². The summed E-state index contributed by atoms with van der Waals surface area (Å²) in [6.07, 6.45) is 0. The molecule has 0 aliphatic heterocycles. The van der Waals surface area contributed by atoms with Gasteiger partial charge in [-0.05, 0) is 35.7 Å². The zero-order valence-electron chi connectivity index (χ0n) is 13.9. The van der Waals surface area contributed by atoms with Crippen molar-refractivity contribution in [3.63, 3.8) is 0 Å². The first-order valence-electron chi connectivity index (χ1n) is 8.08. The van der Waals surface area contributed by atoms with Crippen LogP contribution in [0.25, 0.3) is 22.2 Å². The molecule has 134 valence electrons. The Bertz CT molecular complexity index is 1120. The van der Waals surface area contributed by atoms with Crippen LogP contribution in [-0.4, -0.2) is 21.3 Å². The van der Waals surface area contributed by atoms with Crippen LogP contribution in [0.3, 0.4) is 0 Å². The van der Waals surface area contributed by atoms with Gasteiger partial charge in [0.05, 0.1) is 0 Å². The number of phenolic OH excluding ortho intramolecular Hbond substituents is 1. The molecule has 1 N–H and O–H groups in total. The van der Waals surface area contributed by atoms with Crippen LogP contribution in [0.5, 0.6) is 5.75 Å². The molecule has 0 aliphatic carbocycles. The van der Waals surface area contributed by atoms with E-state index in [1.54, 1.807) is 42.5 Å². The number of rotatable bonds is 4. The predicted octanol–water partition coefficient (Wildman–Crippen LogP) is 4.61. The second-order valence-corrected chi connectivity index (χ2v) is 6.20. The highest BCUT2D eigenvalue weighted by molar-refractivity contribution is 6.30. The van der Waals surface area contributed by atoms with E-state index in [0.717, 1.165) is 5.39 Å². The summed E-state index contributed by atoms with van der Waals surface area (Å²) in [5.74, 6) is -0.352. The minimum Gasteiger partial charge on any atom is -0.506 e. The minimum absolute atomic E-state index is 0.0751. The summed E-state index contributed by atoms with van der Waals surface area (Å²) in [7, 11) is 0. The third-order valence-corrected chi connectivity index (χ3v) is 4.26. The molecule has 0 amide bonds. The maximum Gasteiger partial charge on any atom is 0.342 e. The Kier molecular flexibility index (Phi) is 4.48. The molecule has 3 aromatic carbocycles. The second-order valence-electron chi connectivity index (χ2n) is 5.77. The molecule has 0 saturated heterocycles. The number of aromatic nitrogens is 2. The second kappa shape index (κ2) is 7.09. The third-order valence-electron chi connectivity index (χ3n) is 4.01. The molecule has 7 heteroatoms. The Balaban J connectivity index is 1.48. The number of halogens is 1. The zero-order valence-corrected chi connectivity index (χ0v) is 14.7. The van der Waals surface area contributed by atoms with E-state index in [4.69, 9.17) is 20.8 Å². The molecule has 1 heterocycles. The van der Waals surface area contributed by atoms with Gasteiger partial charge >= 0.3 is 5.97 Å². The normalized spacial score (nSPS) is 10.9. The lowest BCUT2D eigenvalue weighted by Crippen LogP contribution is -2.06. The highest BCUT2D eigenvalue weighted by Crippen LogP contribution is 2.29. The largest absolute Gasteiger partial charge is 0.506 e. The average molecular weight is 381 g/mol. The number of ether oxygens (including phenoxy) is 1. The van der Waals surface area contributed by atoms with E-state index in [0.29, 0.717) is 21.9 Å². The SMILES string of the molecule is O=C(OCc1nnc(-c2ccc(Cl)cc2)o1)c1ccc2ccccc2c1O. The molecule has 0 saturated carbocycles. The predicted molar refractivity (Wildman–Crippen MR) is 99.5 cm³/mol. The van der Waals surface area contributed by atoms with Gasteiger partial charge < -0.3 is 14.3 Å². The fourth-order valence-corrected chi connectivity index (χ4v) is 2.77. The smallest absolute Gasteiger partial charge is 0.342 e. The van der Waals surface area contributed by atoms with E-state index < -0.39 is 5.97 Å². The molecule has 6 nitrogen and oxygen atoms in total. The van der Waals surface area contributed by atoms with Crippen LogP contribution in [-0.2, 0) is 11.3 Å². The molecule has 4 aromatic rings. The van der Waals surface area contributed by atoms with Crippen LogP contribution in [0.4, 0.5) is 0 Å². The van der Waals surface area contributed by atoms with E-state index in [1.165, 1.54) is 6.07 Å². The lowest BCUT2D eigenvalue weighted by molar-refractivity contribution is 0.0435. The van der Waals surface area contributed by atoms with E-state index >= 15 is 0 Å². The Morgan fingerprint density at radius 1 is 1.04 bits per heavy atom. The number of carbonyl (C=O) groups is 1. The highest BCUT2D eigenvalue weighted by Gasteiger charge is 2.17. The summed E-state index contributed by atoms with van der Waals surface area (Å²) in [6, 6.07) is 17.4. The van der Waals surface area contributed by atoms with Gasteiger partial charge in [-0.25, -0.2) is 4.79 Å². The van der Waals surface area contributed by atoms with Gasteiger partial charge in [0.1, 0.15) is 11.3 Å². The van der Waals surface area contributed by atoms with Crippen molar-refractivity contribution in [2.45, 2.75) is 6.61 Å². The van der Waals surface area contributed by atoms with Crippen molar-refractivity contribution < 1.29 is 19.1 Å². The molecule has 0 atom stereocenters. The molecule has 27 heavy (non-hydrogen) atoms. The van der Waals surface area contributed by atoms with Gasteiger partial charge in [-0.3, -0.25) is 0 Å². The van der Waals surface area contributed by atoms with Gasteiger partial charge in [0.15, 0.2) is 6.61 Å². The van der Waals surface area contributed by atoms with E-state index in [2.05, 4.69) is 10.2 Å². The lowest BCUT2D eigenvalue weighted by atomic mass is 10.1. The van der Waals surface area contributed by atoms with Crippen LogP contribution < -0.4 is 0 Å². The van der Waals surface area contributed by atoms with Crippen molar-refractivity contribution in [1.82, 2.24) is 10.2 Å². The standard InChI is InChI=1S/C20H13ClN2O4/c21-14-8-5-13(6-9-14)19-23-22-17(27-19)11-26-20(25)16-10-7-12-3-1-2-4-15(12)18(16)24/h1-10,24H,11H2. The Morgan fingerprint density at radius 3 is 2.63 bits per heavy atom. The van der Waals surface area contributed by atoms with Crippen molar-refractivity contribution in [3.05, 3.63) is 77.1 Å². The summed E-state index contributed by atoms with van der Waals surface area (Å²) in [4.78, 5) is 12.3. The van der Waals surface area contributed by atoms with Gasteiger partial charge in [0.25, 0.3) is 5.89 Å². The summed E-state index contributed by atoms with van der Waals surface area (Å²) in [5, 5.41) is 20.1. The molecular formula is C20H13ClN2O4. The molecule has 1 aromatic heterocycles. The summed E-state index contributed by atoms with van der Waals surface area (Å²) in [6.45, 7) is -0.203. The number of benzene rings is 3. The molecule has 0 unspecified atom stereocenters. The first-order chi connectivity index (χ1) is 13.1. The molecule has 0 aliphatic rings. The van der Waals surface area contributed by atoms with Crippen molar-refractivity contribution in [1.29, 1.82) is 0 Å². The van der Waals surface area contributed by atoms with Crippen molar-refractivity contribution >= 4 is 28.3 Å². The zero-order chi connectivity index (χ0) is 18.8. The first-order valence-corrected chi connectivity index (χ1v) is 8.46. The fourth-order valence-electron chi connectivity index (χ4n) is 2.65. The van der Waals surface area contributed by atoms with Crippen LogP contribution >= 0.6 is 11.6 Å². The number of aromatic hydroxyl groups is 1. The van der Waals surface area contributed by atoms with Crippen molar-refractivity contribution in [3.8, 4) is 17.2 Å². The minimum atomic E-state index is -0.676. The van der Waals surface area contributed by atoms with Crippen molar-refractivity contribution in [2.24, 2.45) is 0 Å². The van der Waals surface area contributed by atoms with Gasteiger partial charge in [-0.15, -0.1) is 10.2 Å². The maximum atomic E-state index is 12.3. The van der Waals surface area contributed by atoms with E-state index in [1.807, 2.05) is 12.1 Å². The maximum absolute atomic E-state index is 12.3. The van der Waals surface area contributed by atoms with Gasteiger partial charge in [0, 0.05) is 16.0 Å². The number of carbonyl (C=O) groups excluding carboxylic acids is 1. The van der Waals surface area contributed by atoms with Crippen LogP contribution in [0, 0.1) is 0 Å². The summed E-state index contributed by atoms with van der Waals surface area (Å²) >= 11 is 5.85. The molecule has 0 bridgehead atoms. The monoisotopic (exact) mass is 380 g/mol. The van der Waals surface area contributed by atoms with Gasteiger partial charge in [0.2, 0.25) is 5.89 Å². The molecule has 0 spiro atoms. The van der Waals surface area contributed by atoms with Crippen molar-refractivity contribution in [2.75, 3.05) is 0 Å². The number of esters is 1. The van der Waals surface area contributed by atoms with Gasteiger partial charge in [-0.1, -0.05) is 41.9 Å². The topological polar surface area (TPSA) is 85.5 Å². The van der Waals surface area contributed by atoms with Crippen LogP contribution in [0.2, 0.25) is 5.02 Å². The van der Waals surface area contributed by atoms with Crippen LogP contribution in [0.15, 0.2) is 65.1 Å². The Labute approximate surface area is 159 Å². The van der Waals surface area contributed by atoms with E-state index in [-0.39, 0.29) is 23.8 Å². The number of fused-ring (bicyclic) bond motifs is 1. The highest BCUT2D eigenvalue weighted by atomic mass is 35.5. The first kappa shape index (κ1) is 17.1. The van der Waals surface area contributed by atoms with E-state index in [9.17, 15) is 9.90 Å². The quantitative estimate of drug-likeness (QED) is 0.520. The molecule has 0 fully saturated rings. The lowest BCUT2D eigenvalue weighted by Gasteiger charge is -2.07. The summed E-state index contributed by atoms with van der Waals surface area (Å²) in [5.41, 5.74) is 0.780. The Hall–Kier alpha value is -3.38. The number of hydrogen-bond donors (Lipinski definition) is 1. The molecular weight excluding hydrogens is 368 g/mol. The van der Waals surface area contributed by atoms with Gasteiger partial charge in [-0.2, -0.15) is 0 Å². The average Bonchev–Trinajstić information content (AvgIpc) is 3.16. The molecule has 4 rings (SSSR count). The number of hydrogen-bond acceptors (Lipinski definition) is 6. The number of phenols is 1.